The number of rotatable bonds is 4. The second kappa shape index (κ2) is 7.69. The van der Waals surface area contributed by atoms with Crippen molar-refractivity contribution in [3.05, 3.63) is 42.1 Å². The summed E-state index contributed by atoms with van der Waals surface area (Å²) in [6.45, 7) is 2.96. The molecule has 4 heterocycles. The maximum atomic E-state index is 13.7. The average molecular weight is 384 g/mol. The fraction of sp³-hybridized carbons (Fsp3) is 0.500. The molecule has 8 heteroatoms. The van der Waals surface area contributed by atoms with Gasteiger partial charge < -0.3 is 15.1 Å². The van der Waals surface area contributed by atoms with Gasteiger partial charge in [0.25, 0.3) is 0 Å². The highest BCUT2D eigenvalue weighted by atomic mass is 19.1. The molecule has 1 N–H and O–H groups in total. The van der Waals surface area contributed by atoms with E-state index in [1.807, 2.05) is 17.0 Å². The molecule has 2 aliphatic heterocycles. The van der Waals surface area contributed by atoms with Crippen LogP contribution in [0.5, 0.6) is 0 Å². The molecule has 2 saturated heterocycles. The summed E-state index contributed by atoms with van der Waals surface area (Å²) in [4.78, 5) is 29.2. The Kier molecular flexibility index (Phi) is 5.11. The first-order valence-electron chi connectivity index (χ1n) is 9.70. The van der Waals surface area contributed by atoms with Gasteiger partial charge in [0.05, 0.1) is 6.20 Å². The third-order valence-electron chi connectivity index (χ3n) is 5.78. The zero-order chi connectivity index (χ0) is 19.6. The van der Waals surface area contributed by atoms with Crippen molar-refractivity contribution in [2.45, 2.75) is 32.2 Å². The Hall–Kier alpha value is -2.77. The van der Waals surface area contributed by atoms with E-state index in [0.29, 0.717) is 18.9 Å². The predicted molar refractivity (Wildman–Crippen MR) is 104 cm³/mol. The van der Waals surface area contributed by atoms with Gasteiger partial charge in [0.15, 0.2) is 11.6 Å². The fourth-order valence-corrected chi connectivity index (χ4v) is 4.35. The van der Waals surface area contributed by atoms with Crippen molar-refractivity contribution in [2.24, 2.45) is 5.41 Å². The minimum Gasteiger partial charge on any atom is -0.371 e. The molecule has 28 heavy (non-hydrogen) atoms. The van der Waals surface area contributed by atoms with E-state index < -0.39 is 5.82 Å². The van der Waals surface area contributed by atoms with Crippen molar-refractivity contribution in [3.8, 4) is 0 Å². The highest BCUT2D eigenvalue weighted by Gasteiger charge is 2.42. The second-order valence-corrected chi connectivity index (χ2v) is 7.75. The number of pyridine rings is 1. The van der Waals surface area contributed by atoms with Crippen molar-refractivity contribution in [2.75, 3.05) is 36.9 Å². The summed E-state index contributed by atoms with van der Waals surface area (Å²) >= 11 is 0. The van der Waals surface area contributed by atoms with Crippen LogP contribution in [-0.4, -0.2) is 52.4 Å². The Balaban J connectivity index is 1.51. The lowest BCUT2D eigenvalue weighted by Crippen LogP contribution is -2.54. The summed E-state index contributed by atoms with van der Waals surface area (Å²) in [6, 6.07) is 3.90. The van der Waals surface area contributed by atoms with E-state index in [1.165, 1.54) is 6.20 Å². The average Bonchev–Trinajstić information content (AvgIpc) is 2.72. The van der Waals surface area contributed by atoms with Crippen molar-refractivity contribution in [1.29, 1.82) is 0 Å². The molecule has 0 aliphatic carbocycles. The molecule has 1 atom stereocenters. The molecular formula is C20H25FN6O. The number of amides is 1. The van der Waals surface area contributed by atoms with Crippen molar-refractivity contribution in [1.82, 2.24) is 19.9 Å². The molecule has 2 fully saturated rings. The van der Waals surface area contributed by atoms with Gasteiger partial charge in [-0.3, -0.25) is 9.78 Å². The highest BCUT2D eigenvalue weighted by molar-refractivity contribution is 5.77. The lowest BCUT2D eigenvalue weighted by Gasteiger charge is -2.48. The summed E-state index contributed by atoms with van der Waals surface area (Å²) in [5.41, 5.74) is 1.12. The number of aromatic nitrogens is 3. The molecule has 1 amide bonds. The summed E-state index contributed by atoms with van der Waals surface area (Å²) in [5, 5.41) is 2.78. The molecule has 7 nitrogen and oxygen atoms in total. The Bertz CT molecular complexity index is 848. The van der Waals surface area contributed by atoms with E-state index in [1.54, 1.807) is 19.4 Å². The lowest BCUT2D eigenvalue weighted by molar-refractivity contribution is -0.138. The van der Waals surface area contributed by atoms with Crippen LogP contribution in [0.15, 0.2) is 30.7 Å². The van der Waals surface area contributed by atoms with Crippen molar-refractivity contribution in [3.63, 3.8) is 0 Å². The number of likely N-dealkylation sites (tertiary alicyclic amines) is 1. The van der Waals surface area contributed by atoms with Crippen LogP contribution in [0, 0.1) is 11.2 Å². The van der Waals surface area contributed by atoms with Gasteiger partial charge in [0.2, 0.25) is 11.9 Å². The Labute approximate surface area is 164 Å². The second-order valence-electron chi connectivity index (χ2n) is 7.75. The fourth-order valence-electron chi connectivity index (χ4n) is 4.35. The van der Waals surface area contributed by atoms with E-state index >= 15 is 0 Å². The Morgan fingerprint density at radius 3 is 2.86 bits per heavy atom. The molecule has 2 aliphatic rings. The number of halogens is 1. The highest BCUT2D eigenvalue weighted by Crippen LogP contribution is 2.40. The van der Waals surface area contributed by atoms with Crippen LogP contribution in [-0.2, 0) is 11.3 Å². The molecule has 0 saturated carbocycles. The number of anilines is 2. The minimum atomic E-state index is -0.454. The van der Waals surface area contributed by atoms with Crippen LogP contribution in [0.4, 0.5) is 16.2 Å². The zero-order valence-corrected chi connectivity index (χ0v) is 16.1. The van der Waals surface area contributed by atoms with E-state index in [4.69, 9.17) is 0 Å². The predicted octanol–water partition coefficient (Wildman–Crippen LogP) is 2.46. The van der Waals surface area contributed by atoms with Crippen LogP contribution in [0.2, 0.25) is 0 Å². The molecule has 0 bridgehead atoms. The summed E-state index contributed by atoms with van der Waals surface area (Å²) in [5.74, 6) is 0.505. The van der Waals surface area contributed by atoms with E-state index in [0.717, 1.165) is 44.5 Å². The normalized spacial score (nSPS) is 22.6. The molecule has 0 aromatic carbocycles. The van der Waals surface area contributed by atoms with Crippen LogP contribution in [0.1, 0.15) is 31.2 Å². The van der Waals surface area contributed by atoms with Crippen LogP contribution < -0.4 is 10.2 Å². The molecule has 4 rings (SSSR count). The number of hydrogen-bond donors (Lipinski definition) is 1. The van der Waals surface area contributed by atoms with Crippen LogP contribution in [0.25, 0.3) is 0 Å². The van der Waals surface area contributed by atoms with Crippen LogP contribution >= 0.6 is 0 Å². The van der Waals surface area contributed by atoms with Gasteiger partial charge in [-0.1, -0.05) is 0 Å². The van der Waals surface area contributed by atoms with E-state index in [2.05, 4.69) is 25.2 Å². The van der Waals surface area contributed by atoms with Crippen LogP contribution in [0.3, 0.4) is 0 Å². The van der Waals surface area contributed by atoms with Gasteiger partial charge in [0, 0.05) is 57.5 Å². The Morgan fingerprint density at radius 2 is 2.07 bits per heavy atom. The lowest BCUT2D eigenvalue weighted by atomic mass is 9.73. The monoisotopic (exact) mass is 384 g/mol. The first-order valence-corrected chi connectivity index (χ1v) is 9.70. The number of carbonyl (C=O) groups excluding carboxylic acids is 1. The minimum absolute atomic E-state index is 0.0245. The number of piperidine rings is 2. The SMILES string of the molecule is CNc1nc(N2CCCC3(CCC(=O)N(Cc4ccncc4)C3)C2)ncc1F. The summed E-state index contributed by atoms with van der Waals surface area (Å²) in [7, 11) is 1.65. The first kappa shape index (κ1) is 18.6. The standard InChI is InChI=1S/C20H25FN6O/c1-22-18-16(21)11-24-19(25-18)26-10-2-6-20(13-26)7-3-17(28)27(14-20)12-15-4-8-23-9-5-15/h4-5,8-9,11H,2-3,6-7,10,12-14H2,1H3,(H,22,24,25). The quantitative estimate of drug-likeness (QED) is 0.873. The number of hydrogen-bond acceptors (Lipinski definition) is 6. The third-order valence-corrected chi connectivity index (χ3v) is 5.78. The molecule has 1 unspecified atom stereocenters. The van der Waals surface area contributed by atoms with Gasteiger partial charge in [-0.05, 0) is 37.0 Å². The van der Waals surface area contributed by atoms with Crippen molar-refractivity contribution < 1.29 is 9.18 Å². The maximum Gasteiger partial charge on any atom is 0.227 e. The molecular weight excluding hydrogens is 359 g/mol. The smallest absolute Gasteiger partial charge is 0.227 e. The van der Waals surface area contributed by atoms with E-state index in [9.17, 15) is 9.18 Å². The van der Waals surface area contributed by atoms with Gasteiger partial charge >= 0.3 is 0 Å². The largest absolute Gasteiger partial charge is 0.371 e. The number of carbonyl (C=O) groups is 1. The molecule has 2 aromatic rings. The van der Waals surface area contributed by atoms with E-state index in [-0.39, 0.29) is 17.1 Å². The number of nitrogens with one attached hydrogen (secondary N) is 1. The van der Waals surface area contributed by atoms with Gasteiger partial charge in [-0.15, -0.1) is 0 Å². The molecule has 0 radical (unpaired) electrons. The van der Waals surface area contributed by atoms with Gasteiger partial charge in [-0.25, -0.2) is 9.37 Å². The number of nitrogens with zero attached hydrogens (tertiary/aromatic N) is 5. The summed E-state index contributed by atoms with van der Waals surface area (Å²) < 4.78 is 13.7. The van der Waals surface area contributed by atoms with Crippen molar-refractivity contribution >= 4 is 17.7 Å². The van der Waals surface area contributed by atoms with Gasteiger partial charge in [-0.2, -0.15) is 4.98 Å². The third kappa shape index (κ3) is 3.76. The Morgan fingerprint density at radius 1 is 1.25 bits per heavy atom. The topological polar surface area (TPSA) is 74.2 Å². The first-order chi connectivity index (χ1) is 13.6. The molecule has 2 aromatic heterocycles. The zero-order valence-electron chi connectivity index (χ0n) is 16.1. The maximum absolute atomic E-state index is 13.7. The molecule has 1 spiro atoms. The van der Waals surface area contributed by atoms with Gasteiger partial charge in [0.1, 0.15) is 0 Å². The molecule has 148 valence electrons. The summed E-state index contributed by atoms with van der Waals surface area (Å²) in [6.07, 6.45) is 8.24.